The molecule has 0 unspecified atom stereocenters. The van der Waals surface area contributed by atoms with Gasteiger partial charge in [-0.1, -0.05) is 38.1 Å². The van der Waals surface area contributed by atoms with Crippen LogP contribution >= 0.6 is 0 Å². The maximum Gasteiger partial charge on any atom is 0.274 e. The minimum Gasteiger partial charge on any atom is -0.330 e. The zero-order chi connectivity index (χ0) is 15.5. The van der Waals surface area contributed by atoms with Gasteiger partial charge in [0.2, 0.25) is 0 Å². The molecule has 1 fully saturated rings. The van der Waals surface area contributed by atoms with E-state index in [4.69, 9.17) is 0 Å². The summed E-state index contributed by atoms with van der Waals surface area (Å²) in [5, 5.41) is 7.10. The molecule has 1 N–H and O–H groups in total. The predicted octanol–water partition coefficient (Wildman–Crippen LogP) is 3.34. The van der Waals surface area contributed by atoms with E-state index in [-0.39, 0.29) is 5.91 Å². The van der Waals surface area contributed by atoms with Gasteiger partial charge in [-0.2, -0.15) is 5.10 Å². The van der Waals surface area contributed by atoms with Crippen LogP contribution < -0.4 is 0 Å². The van der Waals surface area contributed by atoms with Crippen molar-refractivity contribution in [2.24, 2.45) is 0 Å². The number of carbonyl (C=O) groups is 1. The van der Waals surface area contributed by atoms with Crippen LogP contribution in [-0.2, 0) is 19.4 Å². The molecule has 0 radical (unpaired) electrons. The minimum atomic E-state index is 0.0398. The Bertz CT molecular complexity index is 641. The fourth-order valence-corrected chi connectivity index (χ4v) is 2.63. The fraction of sp³-hybridized carbons (Fsp3) is 0.444. The Morgan fingerprint density at radius 3 is 2.41 bits per heavy atom. The van der Waals surface area contributed by atoms with Crippen LogP contribution in [-0.4, -0.2) is 27.0 Å². The maximum atomic E-state index is 12.7. The fourth-order valence-electron chi connectivity index (χ4n) is 2.63. The molecule has 22 heavy (non-hydrogen) atoms. The topological polar surface area (TPSA) is 49.0 Å². The monoisotopic (exact) mass is 297 g/mol. The van der Waals surface area contributed by atoms with Crippen LogP contribution in [0.1, 0.15) is 54.0 Å². The summed E-state index contributed by atoms with van der Waals surface area (Å²) in [6, 6.07) is 10.8. The maximum absolute atomic E-state index is 12.7. The number of aryl methyl sites for hydroxylation is 2. The first-order valence-electron chi connectivity index (χ1n) is 8.14. The largest absolute Gasteiger partial charge is 0.330 e. The van der Waals surface area contributed by atoms with Gasteiger partial charge in [-0.3, -0.25) is 9.89 Å². The normalized spacial score (nSPS) is 14.1. The van der Waals surface area contributed by atoms with Crippen LogP contribution in [0.15, 0.2) is 30.3 Å². The summed E-state index contributed by atoms with van der Waals surface area (Å²) in [5.74, 6) is 0.0398. The lowest BCUT2D eigenvalue weighted by Gasteiger charge is -2.21. The standard InChI is InChI=1S/C18H23N3O/c1-3-13-5-7-14(8-6-13)12-21(16-9-10-16)18(22)17-11-15(4-2)19-20-17/h5-8,11,16H,3-4,9-10,12H2,1-2H3,(H,19,20). The van der Waals surface area contributed by atoms with Gasteiger partial charge in [-0.25, -0.2) is 0 Å². The van der Waals surface area contributed by atoms with E-state index in [1.807, 2.05) is 11.0 Å². The summed E-state index contributed by atoms with van der Waals surface area (Å²) in [4.78, 5) is 14.7. The van der Waals surface area contributed by atoms with Crippen LogP contribution in [0.25, 0.3) is 0 Å². The number of benzene rings is 1. The lowest BCUT2D eigenvalue weighted by atomic mass is 10.1. The van der Waals surface area contributed by atoms with Crippen molar-refractivity contribution in [2.75, 3.05) is 0 Å². The molecule has 1 aromatic heterocycles. The van der Waals surface area contributed by atoms with Gasteiger partial charge in [0.15, 0.2) is 0 Å². The number of hydrogen-bond donors (Lipinski definition) is 1. The summed E-state index contributed by atoms with van der Waals surface area (Å²) in [5.41, 5.74) is 4.05. The first-order valence-corrected chi connectivity index (χ1v) is 8.14. The van der Waals surface area contributed by atoms with E-state index < -0.39 is 0 Å². The molecule has 1 amide bonds. The van der Waals surface area contributed by atoms with Gasteiger partial charge in [0.25, 0.3) is 5.91 Å². The van der Waals surface area contributed by atoms with E-state index in [1.54, 1.807) is 0 Å². The minimum absolute atomic E-state index is 0.0398. The molecule has 116 valence electrons. The molecule has 0 spiro atoms. The summed E-state index contributed by atoms with van der Waals surface area (Å²) < 4.78 is 0. The van der Waals surface area contributed by atoms with Crippen molar-refractivity contribution in [3.63, 3.8) is 0 Å². The Labute approximate surface area is 131 Å². The van der Waals surface area contributed by atoms with Crippen molar-refractivity contribution < 1.29 is 4.79 Å². The van der Waals surface area contributed by atoms with Crippen molar-refractivity contribution in [1.82, 2.24) is 15.1 Å². The highest BCUT2D eigenvalue weighted by atomic mass is 16.2. The SMILES string of the molecule is CCc1ccc(CN(C(=O)c2cc(CC)[nH]n2)C2CC2)cc1. The Hall–Kier alpha value is -2.10. The average Bonchev–Trinajstić information content (AvgIpc) is 3.28. The molecule has 1 aromatic carbocycles. The highest BCUT2D eigenvalue weighted by Crippen LogP contribution is 2.29. The number of hydrogen-bond acceptors (Lipinski definition) is 2. The lowest BCUT2D eigenvalue weighted by Crippen LogP contribution is -2.32. The highest BCUT2D eigenvalue weighted by Gasteiger charge is 2.33. The van der Waals surface area contributed by atoms with Crippen LogP contribution in [0.2, 0.25) is 0 Å². The number of H-pyrrole nitrogens is 1. The van der Waals surface area contributed by atoms with Crippen LogP contribution in [0.4, 0.5) is 0 Å². The number of amides is 1. The molecule has 1 heterocycles. The van der Waals surface area contributed by atoms with E-state index in [0.29, 0.717) is 18.3 Å². The summed E-state index contributed by atoms with van der Waals surface area (Å²) in [7, 11) is 0. The van der Waals surface area contributed by atoms with E-state index in [0.717, 1.165) is 31.4 Å². The molecular formula is C18H23N3O. The zero-order valence-electron chi connectivity index (χ0n) is 13.3. The van der Waals surface area contributed by atoms with Gasteiger partial charge in [-0.05, 0) is 42.9 Å². The highest BCUT2D eigenvalue weighted by molar-refractivity contribution is 5.92. The number of aromatic nitrogens is 2. The molecule has 4 nitrogen and oxygen atoms in total. The van der Waals surface area contributed by atoms with Gasteiger partial charge < -0.3 is 4.90 Å². The third-order valence-corrected chi connectivity index (χ3v) is 4.26. The Morgan fingerprint density at radius 2 is 1.86 bits per heavy atom. The van der Waals surface area contributed by atoms with Crippen LogP contribution in [0, 0.1) is 0 Å². The second kappa shape index (κ2) is 6.34. The number of nitrogens with one attached hydrogen (secondary N) is 1. The van der Waals surface area contributed by atoms with Gasteiger partial charge in [-0.15, -0.1) is 0 Å². The number of rotatable bonds is 6. The molecular weight excluding hydrogens is 274 g/mol. The summed E-state index contributed by atoms with van der Waals surface area (Å²) in [6.45, 7) is 4.87. The summed E-state index contributed by atoms with van der Waals surface area (Å²) in [6.07, 6.45) is 4.11. The van der Waals surface area contributed by atoms with Crippen molar-refractivity contribution in [1.29, 1.82) is 0 Å². The molecule has 3 rings (SSSR count). The first-order chi connectivity index (χ1) is 10.7. The molecule has 1 aliphatic carbocycles. The lowest BCUT2D eigenvalue weighted by molar-refractivity contribution is 0.0724. The zero-order valence-corrected chi connectivity index (χ0v) is 13.3. The predicted molar refractivity (Wildman–Crippen MR) is 86.7 cm³/mol. The second-order valence-corrected chi connectivity index (χ2v) is 5.97. The molecule has 0 bridgehead atoms. The van der Waals surface area contributed by atoms with E-state index in [9.17, 15) is 4.79 Å². The smallest absolute Gasteiger partial charge is 0.274 e. The molecule has 4 heteroatoms. The van der Waals surface area contributed by atoms with Crippen LogP contribution in [0.3, 0.4) is 0 Å². The quantitative estimate of drug-likeness (QED) is 0.889. The molecule has 1 saturated carbocycles. The Balaban J connectivity index is 1.75. The van der Waals surface area contributed by atoms with Gasteiger partial charge in [0, 0.05) is 18.3 Å². The van der Waals surface area contributed by atoms with Gasteiger partial charge in [0.05, 0.1) is 0 Å². The third kappa shape index (κ3) is 3.21. The molecule has 2 aromatic rings. The number of carbonyl (C=O) groups excluding carboxylic acids is 1. The van der Waals surface area contributed by atoms with Gasteiger partial charge in [0.1, 0.15) is 5.69 Å². The average molecular weight is 297 g/mol. The first kappa shape index (κ1) is 14.8. The van der Waals surface area contributed by atoms with Crippen molar-refractivity contribution in [3.05, 3.63) is 52.8 Å². The van der Waals surface area contributed by atoms with Crippen molar-refractivity contribution in [3.8, 4) is 0 Å². The molecule has 0 atom stereocenters. The Kier molecular flexibility index (Phi) is 4.27. The summed E-state index contributed by atoms with van der Waals surface area (Å²) >= 11 is 0. The third-order valence-electron chi connectivity index (χ3n) is 4.26. The Morgan fingerprint density at radius 1 is 1.18 bits per heavy atom. The van der Waals surface area contributed by atoms with Crippen molar-refractivity contribution in [2.45, 2.75) is 52.1 Å². The number of aromatic amines is 1. The van der Waals surface area contributed by atoms with Gasteiger partial charge >= 0.3 is 0 Å². The van der Waals surface area contributed by atoms with E-state index >= 15 is 0 Å². The van der Waals surface area contributed by atoms with E-state index in [1.165, 1.54) is 11.1 Å². The van der Waals surface area contributed by atoms with E-state index in [2.05, 4.69) is 48.3 Å². The molecule has 0 aliphatic heterocycles. The second-order valence-electron chi connectivity index (χ2n) is 5.97. The number of nitrogens with zero attached hydrogens (tertiary/aromatic N) is 2. The van der Waals surface area contributed by atoms with Crippen LogP contribution in [0.5, 0.6) is 0 Å². The molecule has 1 aliphatic rings. The molecule has 0 saturated heterocycles. The van der Waals surface area contributed by atoms with Crippen molar-refractivity contribution >= 4 is 5.91 Å².